The first-order valence-electron chi connectivity index (χ1n) is 16.9. The number of carbonyl (C=O) groups is 6. The summed E-state index contributed by atoms with van der Waals surface area (Å²) in [5, 5.41) is 7.84. The van der Waals surface area contributed by atoms with Crippen molar-refractivity contribution in [3.8, 4) is 0 Å². The summed E-state index contributed by atoms with van der Waals surface area (Å²) in [6, 6.07) is 11.5. The molecule has 0 spiro atoms. The van der Waals surface area contributed by atoms with Crippen molar-refractivity contribution in [3.05, 3.63) is 76.2 Å². The van der Waals surface area contributed by atoms with Gasteiger partial charge in [0.15, 0.2) is 5.96 Å². The largest absolute Gasteiger partial charge is 0.370 e. The van der Waals surface area contributed by atoms with Crippen molar-refractivity contribution in [1.29, 1.82) is 0 Å². The van der Waals surface area contributed by atoms with Gasteiger partial charge in [0.1, 0.15) is 18.1 Å². The van der Waals surface area contributed by atoms with Gasteiger partial charge in [-0.1, -0.05) is 42.5 Å². The molecule has 15 nitrogen and oxygen atoms in total. The number of rotatable bonds is 18. The molecule has 2 aromatic carbocycles. The predicted octanol–water partition coefficient (Wildman–Crippen LogP) is 1.38. The molecule has 0 radical (unpaired) electrons. The Morgan fingerprint density at radius 1 is 0.863 bits per heavy atom. The molecule has 4 rings (SSSR count). The Morgan fingerprint density at radius 3 is 2.12 bits per heavy atom. The van der Waals surface area contributed by atoms with Crippen molar-refractivity contribution in [2.24, 2.45) is 27.9 Å². The van der Waals surface area contributed by atoms with Crippen LogP contribution in [0.15, 0.2) is 64.5 Å². The lowest BCUT2D eigenvalue weighted by atomic mass is 9.92. The van der Waals surface area contributed by atoms with Crippen LogP contribution in [0.4, 0.5) is 4.79 Å². The number of nitrogens with two attached hydrogens (primary N) is 4. The number of thioether (sulfide) groups is 1. The van der Waals surface area contributed by atoms with Gasteiger partial charge >= 0.3 is 0 Å². The molecule has 1 saturated heterocycles. The third-order valence-electron chi connectivity index (χ3n) is 8.59. The lowest BCUT2D eigenvalue weighted by Crippen LogP contribution is -2.54. The number of primary amides is 1. The van der Waals surface area contributed by atoms with E-state index in [1.807, 2.05) is 0 Å². The topological polar surface area (TPSA) is 258 Å². The molecule has 2 fully saturated rings. The molecule has 1 aliphatic heterocycles. The third-order valence-corrected chi connectivity index (χ3v) is 9.47. The maximum atomic E-state index is 13.7. The Kier molecular flexibility index (Phi) is 14.1. The Morgan fingerprint density at radius 2 is 1.51 bits per heavy atom. The van der Waals surface area contributed by atoms with E-state index in [2.05, 4.69) is 20.9 Å². The van der Waals surface area contributed by atoms with Crippen molar-refractivity contribution in [3.63, 3.8) is 0 Å². The van der Waals surface area contributed by atoms with Gasteiger partial charge in [-0.3, -0.25) is 38.7 Å². The van der Waals surface area contributed by atoms with Crippen LogP contribution in [0.5, 0.6) is 0 Å². The van der Waals surface area contributed by atoms with Crippen LogP contribution in [-0.4, -0.2) is 76.8 Å². The average Bonchev–Trinajstić information content (AvgIpc) is 3.35. The molecule has 6 amide bonds. The number of amides is 6. The highest BCUT2D eigenvalue weighted by Gasteiger charge is 2.41. The molecule has 272 valence electrons. The van der Waals surface area contributed by atoms with E-state index in [9.17, 15) is 28.8 Å². The molecule has 11 N–H and O–H groups in total. The predicted molar refractivity (Wildman–Crippen MR) is 194 cm³/mol. The molecule has 1 saturated carbocycles. The highest BCUT2D eigenvalue weighted by Crippen LogP contribution is 2.38. The van der Waals surface area contributed by atoms with E-state index in [-0.39, 0.29) is 48.1 Å². The summed E-state index contributed by atoms with van der Waals surface area (Å²) < 4.78 is 0. The fraction of sp³-hybridized carbons (Fsp3) is 0.400. The van der Waals surface area contributed by atoms with E-state index in [4.69, 9.17) is 22.9 Å². The number of hydrogen-bond donors (Lipinski definition) is 7. The lowest BCUT2D eigenvalue weighted by molar-refractivity contribution is -0.132. The minimum absolute atomic E-state index is 0.0453. The van der Waals surface area contributed by atoms with Gasteiger partial charge < -0.3 is 38.9 Å². The zero-order valence-electron chi connectivity index (χ0n) is 28.2. The number of imide groups is 1. The van der Waals surface area contributed by atoms with Gasteiger partial charge in [-0.2, -0.15) is 0 Å². The van der Waals surface area contributed by atoms with Crippen molar-refractivity contribution in [2.75, 3.05) is 13.1 Å². The second-order valence-corrected chi connectivity index (χ2v) is 13.3. The van der Waals surface area contributed by atoms with Crippen LogP contribution >= 0.6 is 11.8 Å². The number of guanidine groups is 1. The molecule has 51 heavy (non-hydrogen) atoms. The van der Waals surface area contributed by atoms with Crippen LogP contribution < -0.4 is 38.9 Å². The number of benzene rings is 2. The molecule has 2 aromatic rings. The SMILES string of the molecule is NCCCC[C@H](NC(=O)[C@H](CCCN=C(N)N)NC(=O)c1ccc(/C=C2\SC(=O)N(C3CCC3)C2=O)cc1)C(=O)N[C@H](C(N)=O)c1ccccc1. The number of hydrogen-bond acceptors (Lipinski definition) is 9. The van der Waals surface area contributed by atoms with Gasteiger partial charge in [0.2, 0.25) is 17.7 Å². The number of nitrogens with zero attached hydrogens (tertiary/aromatic N) is 2. The fourth-order valence-electron chi connectivity index (χ4n) is 5.58. The molecular formula is C35H45N9O6S. The lowest BCUT2D eigenvalue weighted by Gasteiger charge is -2.32. The molecule has 0 aromatic heterocycles. The van der Waals surface area contributed by atoms with Gasteiger partial charge in [0.05, 0.1) is 4.91 Å². The fourth-order valence-corrected chi connectivity index (χ4v) is 6.48. The van der Waals surface area contributed by atoms with Crippen LogP contribution in [0.3, 0.4) is 0 Å². The van der Waals surface area contributed by atoms with Crippen LogP contribution in [0, 0.1) is 0 Å². The summed E-state index contributed by atoms with van der Waals surface area (Å²) in [4.78, 5) is 83.7. The van der Waals surface area contributed by atoms with Crippen molar-refractivity contribution in [1.82, 2.24) is 20.9 Å². The van der Waals surface area contributed by atoms with E-state index < -0.39 is 41.8 Å². The Bertz CT molecular complexity index is 1640. The second-order valence-electron chi connectivity index (χ2n) is 12.3. The van der Waals surface area contributed by atoms with Crippen LogP contribution in [0.25, 0.3) is 6.08 Å². The normalized spacial score (nSPS) is 16.9. The molecule has 0 bridgehead atoms. The maximum Gasteiger partial charge on any atom is 0.293 e. The van der Waals surface area contributed by atoms with E-state index in [0.29, 0.717) is 41.8 Å². The average molecular weight is 720 g/mol. The summed E-state index contributed by atoms with van der Waals surface area (Å²) in [5.41, 5.74) is 23.5. The first-order valence-corrected chi connectivity index (χ1v) is 17.7. The van der Waals surface area contributed by atoms with Gasteiger partial charge in [-0.05, 0) is 99.0 Å². The smallest absolute Gasteiger partial charge is 0.293 e. The van der Waals surface area contributed by atoms with Gasteiger partial charge in [0.25, 0.3) is 17.1 Å². The molecule has 0 unspecified atom stereocenters. The Labute approximate surface area is 300 Å². The number of carbonyl (C=O) groups excluding carboxylic acids is 6. The number of nitrogens with one attached hydrogen (secondary N) is 3. The minimum Gasteiger partial charge on any atom is -0.370 e. The second kappa shape index (κ2) is 18.7. The van der Waals surface area contributed by atoms with Gasteiger partial charge in [-0.25, -0.2) is 0 Å². The van der Waals surface area contributed by atoms with Crippen LogP contribution in [0.1, 0.15) is 78.9 Å². The number of aliphatic imine (C=N–C) groups is 1. The summed E-state index contributed by atoms with van der Waals surface area (Å²) in [6.07, 6.45) is 6.00. The van der Waals surface area contributed by atoms with E-state index in [1.54, 1.807) is 60.7 Å². The molecule has 2 aliphatic rings. The highest BCUT2D eigenvalue weighted by atomic mass is 32.2. The molecule has 3 atom stereocenters. The van der Waals surface area contributed by atoms with Crippen molar-refractivity contribution in [2.45, 2.75) is 75.5 Å². The third kappa shape index (κ3) is 10.9. The van der Waals surface area contributed by atoms with Crippen molar-refractivity contribution < 1.29 is 28.8 Å². The minimum atomic E-state index is -1.13. The van der Waals surface area contributed by atoms with E-state index >= 15 is 0 Å². The Hall–Kier alpha value is -5.22. The van der Waals surface area contributed by atoms with Gasteiger partial charge in [-0.15, -0.1) is 0 Å². The zero-order valence-corrected chi connectivity index (χ0v) is 29.0. The van der Waals surface area contributed by atoms with Gasteiger partial charge in [0, 0.05) is 18.2 Å². The highest BCUT2D eigenvalue weighted by molar-refractivity contribution is 8.18. The zero-order chi connectivity index (χ0) is 36.9. The first kappa shape index (κ1) is 38.6. The van der Waals surface area contributed by atoms with Crippen molar-refractivity contribution >= 4 is 58.6 Å². The maximum absolute atomic E-state index is 13.7. The summed E-state index contributed by atoms with van der Waals surface area (Å²) >= 11 is 0.896. The molecule has 16 heteroatoms. The summed E-state index contributed by atoms with van der Waals surface area (Å²) in [7, 11) is 0. The molecule has 1 heterocycles. The van der Waals surface area contributed by atoms with Crippen LogP contribution in [-0.2, 0) is 19.2 Å². The number of unbranched alkanes of at least 4 members (excludes halogenated alkanes) is 1. The Balaban J connectivity index is 1.47. The summed E-state index contributed by atoms with van der Waals surface area (Å²) in [5.74, 6) is -3.02. The summed E-state index contributed by atoms with van der Waals surface area (Å²) in [6.45, 7) is 0.572. The van der Waals surface area contributed by atoms with Crippen LogP contribution in [0.2, 0.25) is 0 Å². The monoisotopic (exact) mass is 719 g/mol. The quantitative estimate of drug-likeness (QED) is 0.0504. The molecule has 1 aliphatic carbocycles. The van der Waals surface area contributed by atoms with E-state index in [0.717, 1.165) is 31.0 Å². The standard InChI is InChI=1S/C35H45N9O6S/c36-18-5-4-12-25(32(48)43-28(29(37)45)22-8-2-1-3-9-22)42-31(47)26(13-7-19-40-34(38)39)41-30(46)23-16-14-21(15-17-23)20-27-33(49)44(35(50)51-27)24-10-6-11-24/h1-3,8-9,14-17,20,24-26,28H,4-7,10-13,18-19,36H2,(H2,37,45)(H,41,46)(H,42,47)(H,43,48)(H4,38,39,40)/b27-20-/t25-,26-,28-/m0/s1. The van der Waals surface area contributed by atoms with E-state index in [1.165, 1.54) is 4.90 Å². The molecular weight excluding hydrogens is 675 g/mol. The first-order chi connectivity index (χ1) is 24.5.